The molecule has 1 fully saturated rings. The highest BCUT2D eigenvalue weighted by molar-refractivity contribution is 5.79. The standard InChI is InChI=1S/C19H23FN4O/c1-14(2)19-21-9-15(10-22-19)11-23-7-8-24(18(25)13-23)12-16-5-3-4-6-17(16)20/h3-6,9-10,14H,7-8,11-13H2,1-2H3. The quantitative estimate of drug-likeness (QED) is 0.838. The van der Waals surface area contributed by atoms with Crippen molar-refractivity contribution in [2.45, 2.75) is 32.9 Å². The number of aromatic nitrogens is 2. The molecule has 0 spiro atoms. The van der Waals surface area contributed by atoms with E-state index in [2.05, 4.69) is 28.7 Å². The van der Waals surface area contributed by atoms with Crippen LogP contribution in [0, 0.1) is 5.82 Å². The van der Waals surface area contributed by atoms with E-state index in [0.29, 0.717) is 37.7 Å². The molecule has 132 valence electrons. The molecule has 3 rings (SSSR count). The molecule has 0 aliphatic carbocycles. The smallest absolute Gasteiger partial charge is 0.237 e. The zero-order chi connectivity index (χ0) is 17.8. The predicted octanol–water partition coefficient (Wildman–Crippen LogP) is 2.58. The van der Waals surface area contributed by atoms with Crippen LogP contribution in [0.1, 0.15) is 36.7 Å². The molecule has 25 heavy (non-hydrogen) atoms. The van der Waals surface area contributed by atoms with Gasteiger partial charge in [0.1, 0.15) is 11.6 Å². The molecule has 1 saturated heterocycles. The summed E-state index contributed by atoms with van der Waals surface area (Å²) < 4.78 is 13.8. The number of amides is 1. The summed E-state index contributed by atoms with van der Waals surface area (Å²) in [6, 6.07) is 6.60. The molecule has 5 nitrogen and oxygen atoms in total. The van der Waals surface area contributed by atoms with Crippen LogP contribution in [-0.4, -0.2) is 45.3 Å². The molecule has 0 saturated carbocycles. The maximum Gasteiger partial charge on any atom is 0.237 e. The van der Waals surface area contributed by atoms with Gasteiger partial charge in [0.25, 0.3) is 0 Å². The highest BCUT2D eigenvalue weighted by Gasteiger charge is 2.24. The van der Waals surface area contributed by atoms with Gasteiger partial charge in [-0.3, -0.25) is 9.69 Å². The van der Waals surface area contributed by atoms with Gasteiger partial charge in [0.2, 0.25) is 5.91 Å². The average Bonchev–Trinajstić information content (AvgIpc) is 2.59. The Labute approximate surface area is 147 Å². The topological polar surface area (TPSA) is 49.3 Å². The maximum atomic E-state index is 13.8. The number of carbonyl (C=O) groups is 1. The second-order valence-corrected chi connectivity index (χ2v) is 6.72. The summed E-state index contributed by atoms with van der Waals surface area (Å²) in [5.41, 5.74) is 1.56. The lowest BCUT2D eigenvalue weighted by Crippen LogP contribution is -2.49. The summed E-state index contributed by atoms with van der Waals surface area (Å²) in [5.74, 6) is 0.890. The summed E-state index contributed by atoms with van der Waals surface area (Å²) >= 11 is 0. The van der Waals surface area contributed by atoms with Gasteiger partial charge >= 0.3 is 0 Å². The molecule has 1 aromatic carbocycles. The van der Waals surface area contributed by atoms with Crippen molar-refractivity contribution >= 4 is 5.91 Å². The van der Waals surface area contributed by atoms with Crippen LogP contribution in [0.5, 0.6) is 0 Å². The minimum absolute atomic E-state index is 0.0224. The number of piperazine rings is 1. The lowest BCUT2D eigenvalue weighted by atomic mass is 10.1. The van der Waals surface area contributed by atoms with Gasteiger partial charge in [-0.25, -0.2) is 14.4 Å². The first-order valence-electron chi connectivity index (χ1n) is 8.57. The SMILES string of the molecule is CC(C)c1ncc(CN2CCN(Cc3ccccc3F)C(=O)C2)cn1. The molecule has 0 unspecified atom stereocenters. The average molecular weight is 342 g/mol. The normalized spacial score (nSPS) is 15.8. The molecule has 0 bridgehead atoms. The number of hydrogen-bond donors (Lipinski definition) is 0. The lowest BCUT2D eigenvalue weighted by molar-refractivity contribution is -0.136. The van der Waals surface area contributed by atoms with Crippen molar-refractivity contribution in [3.8, 4) is 0 Å². The molecule has 2 heterocycles. The van der Waals surface area contributed by atoms with E-state index < -0.39 is 0 Å². The van der Waals surface area contributed by atoms with Crippen molar-refractivity contribution in [2.75, 3.05) is 19.6 Å². The van der Waals surface area contributed by atoms with E-state index in [0.717, 1.165) is 17.9 Å². The van der Waals surface area contributed by atoms with Crippen LogP contribution >= 0.6 is 0 Å². The van der Waals surface area contributed by atoms with Crippen LogP contribution in [0.15, 0.2) is 36.7 Å². The van der Waals surface area contributed by atoms with E-state index in [1.807, 2.05) is 12.4 Å². The third kappa shape index (κ3) is 4.39. The van der Waals surface area contributed by atoms with Crippen LogP contribution in [0.25, 0.3) is 0 Å². The summed E-state index contributed by atoms with van der Waals surface area (Å²) in [6.45, 7) is 6.78. The molecule has 1 amide bonds. The van der Waals surface area contributed by atoms with E-state index in [4.69, 9.17) is 0 Å². The Morgan fingerprint density at radius 3 is 2.48 bits per heavy atom. The van der Waals surface area contributed by atoms with Crippen molar-refractivity contribution in [3.05, 3.63) is 59.4 Å². The zero-order valence-electron chi connectivity index (χ0n) is 14.7. The molecule has 6 heteroatoms. The second-order valence-electron chi connectivity index (χ2n) is 6.72. The fourth-order valence-corrected chi connectivity index (χ4v) is 2.89. The van der Waals surface area contributed by atoms with Crippen LogP contribution in [0.4, 0.5) is 4.39 Å². The number of benzene rings is 1. The molecular formula is C19H23FN4O. The highest BCUT2D eigenvalue weighted by atomic mass is 19.1. The molecule has 1 aliphatic rings. The predicted molar refractivity (Wildman–Crippen MR) is 93.2 cm³/mol. The Kier molecular flexibility index (Phi) is 5.38. The van der Waals surface area contributed by atoms with Crippen LogP contribution in [0.2, 0.25) is 0 Å². The van der Waals surface area contributed by atoms with E-state index in [1.165, 1.54) is 6.07 Å². The van der Waals surface area contributed by atoms with Gasteiger partial charge in [-0.15, -0.1) is 0 Å². The van der Waals surface area contributed by atoms with Gasteiger partial charge in [0, 0.05) is 55.6 Å². The van der Waals surface area contributed by atoms with E-state index in [1.54, 1.807) is 23.1 Å². The van der Waals surface area contributed by atoms with Gasteiger partial charge in [-0.1, -0.05) is 32.0 Å². The summed E-state index contributed by atoms with van der Waals surface area (Å²) in [7, 11) is 0. The van der Waals surface area contributed by atoms with E-state index in [9.17, 15) is 9.18 Å². The Hall–Kier alpha value is -2.34. The lowest BCUT2D eigenvalue weighted by Gasteiger charge is -2.34. The number of rotatable bonds is 5. The first-order chi connectivity index (χ1) is 12.0. The number of nitrogens with zero attached hydrogens (tertiary/aromatic N) is 4. The Morgan fingerprint density at radius 1 is 1.12 bits per heavy atom. The maximum absolute atomic E-state index is 13.8. The zero-order valence-corrected chi connectivity index (χ0v) is 14.7. The number of hydrogen-bond acceptors (Lipinski definition) is 4. The van der Waals surface area contributed by atoms with Gasteiger partial charge in [0.05, 0.1) is 6.54 Å². The third-order valence-electron chi connectivity index (χ3n) is 4.36. The molecule has 1 aromatic heterocycles. The largest absolute Gasteiger partial charge is 0.336 e. The van der Waals surface area contributed by atoms with Crippen LogP contribution in [0.3, 0.4) is 0 Å². The first-order valence-corrected chi connectivity index (χ1v) is 8.57. The fraction of sp³-hybridized carbons (Fsp3) is 0.421. The summed E-state index contributed by atoms with van der Waals surface area (Å²) in [6.07, 6.45) is 3.66. The van der Waals surface area contributed by atoms with Crippen molar-refractivity contribution < 1.29 is 9.18 Å². The first kappa shape index (κ1) is 17.5. The monoisotopic (exact) mass is 342 g/mol. The summed E-state index contributed by atoms with van der Waals surface area (Å²) in [4.78, 5) is 24.9. The van der Waals surface area contributed by atoms with Gasteiger partial charge in [-0.2, -0.15) is 0 Å². The Morgan fingerprint density at radius 2 is 1.84 bits per heavy atom. The fourth-order valence-electron chi connectivity index (χ4n) is 2.89. The van der Waals surface area contributed by atoms with Crippen molar-refractivity contribution in [2.24, 2.45) is 0 Å². The van der Waals surface area contributed by atoms with Crippen LogP contribution < -0.4 is 0 Å². The molecule has 1 aliphatic heterocycles. The van der Waals surface area contributed by atoms with Gasteiger partial charge in [0.15, 0.2) is 0 Å². The number of carbonyl (C=O) groups excluding carboxylic acids is 1. The molecular weight excluding hydrogens is 319 g/mol. The summed E-state index contributed by atoms with van der Waals surface area (Å²) in [5, 5.41) is 0. The van der Waals surface area contributed by atoms with Gasteiger partial charge in [-0.05, 0) is 6.07 Å². The Bertz CT molecular complexity index is 732. The van der Waals surface area contributed by atoms with Gasteiger partial charge < -0.3 is 4.90 Å². The third-order valence-corrected chi connectivity index (χ3v) is 4.36. The minimum atomic E-state index is -0.264. The van der Waals surface area contributed by atoms with E-state index >= 15 is 0 Å². The molecule has 2 aromatic rings. The minimum Gasteiger partial charge on any atom is -0.336 e. The molecule has 0 N–H and O–H groups in total. The van der Waals surface area contributed by atoms with Crippen molar-refractivity contribution in [1.29, 1.82) is 0 Å². The Balaban J connectivity index is 1.56. The van der Waals surface area contributed by atoms with Crippen molar-refractivity contribution in [3.63, 3.8) is 0 Å². The molecule has 0 radical (unpaired) electrons. The van der Waals surface area contributed by atoms with Crippen molar-refractivity contribution in [1.82, 2.24) is 19.8 Å². The second kappa shape index (κ2) is 7.70. The molecule has 0 atom stereocenters. The van der Waals surface area contributed by atoms with Crippen LogP contribution in [-0.2, 0) is 17.9 Å². The number of halogens is 1. The van der Waals surface area contributed by atoms with E-state index in [-0.39, 0.29) is 11.7 Å². The highest BCUT2D eigenvalue weighted by Crippen LogP contribution is 2.15.